The van der Waals surface area contributed by atoms with E-state index in [1.807, 2.05) is 0 Å². The first-order valence-electron chi connectivity index (χ1n) is 5.62. The molecule has 2 rings (SSSR count). The maximum atomic E-state index is 12.4. The molecule has 1 aliphatic heterocycles. The molecule has 0 saturated carbocycles. The third-order valence-electron chi connectivity index (χ3n) is 3.03. The summed E-state index contributed by atoms with van der Waals surface area (Å²) in [5, 5.41) is 0.320. The van der Waals surface area contributed by atoms with E-state index < -0.39 is 10.0 Å². The summed E-state index contributed by atoms with van der Waals surface area (Å²) in [5.74, 6) is 0. The predicted octanol–water partition coefficient (Wildman–Crippen LogP) is 2.53. The molecule has 108 valence electrons. The maximum absolute atomic E-state index is 12.4. The van der Waals surface area contributed by atoms with E-state index >= 15 is 0 Å². The highest BCUT2D eigenvalue weighted by molar-refractivity contribution is 7.89. The van der Waals surface area contributed by atoms with E-state index in [0.717, 1.165) is 0 Å². The Kier molecular flexibility index (Phi) is 5.92. The number of piperidine rings is 1. The molecule has 0 aromatic heterocycles. The van der Waals surface area contributed by atoms with Gasteiger partial charge in [0.25, 0.3) is 0 Å². The summed E-state index contributed by atoms with van der Waals surface area (Å²) in [7, 11) is -3.58. The zero-order valence-corrected chi connectivity index (χ0v) is 13.2. The predicted molar refractivity (Wildman–Crippen MR) is 79.7 cm³/mol. The molecule has 0 bridgehead atoms. The molecule has 1 aliphatic rings. The van der Waals surface area contributed by atoms with Crippen LogP contribution in [0.4, 0.5) is 0 Å². The van der Waals surface area contributed by atoms with Crippen LogP contribution in [0.5, 0.6) is 0 Å². The van der Waals surface area contributed by atoms with Gasteiger partial charge in [-0.3, -0.25) is 0 Å². The second-order valence-electron chi connectivity index (χ2n) is 4.29. The molecular weight excluding hydrogens is 331 g/mol. The summed E-state index contributed by atoms with van der Waals surface area (Å²) in [4.78, 5) is 0.0622. The lowest BCUT2D eigenvalue weighted by Crippen LogP contribution is -2.42. The highest BCUT2D eigenvalue weighted by Gasteiger charge is 2.30. The molecule has 19 heavy (non-hydrogen) atoms. The van der Waals surface area contributed by atoms with Gasteiger partial charge in [-0.05, 0) is 25.0 Å². The molecule has 0 atom stereocenters. The molecule has 1 saturated heterocycles. The first-order valence-corrected chi connectivity index (χ1v) is 7.82. The number of halogens is 3. The Labute approximate surface area is 129 Å². The summed E-state index contributed by atoms with van der Waals surface area (Å²) in [6.45, 7) is 0.846. The minimum Gasteiger partial charge on any atom is -0.328 e. The Morgan fingerprint density at radius 3 is 2.37 bits per heavy atom. The van der Waals surface area contributed by atoms with Crippen LogP contribution >= 0.6 is 35.6 Å². The number of nitrogens with two attached hydrogens (primary N) is 1. The quantitative estimate of drug-likeness (QED) is 0.896. The molecule has 4 nitrogen and oxygen atoms in total. The Morgan fingerprint density at radius 1 is 1.21 bits per heavy atom. The molecule has 2 N–H and O–H groups in total. The van der Waals surface area contributed by atoms with Crippen LogP contribution in [-0.2, 0) is 10.0 Å². The van der Waals surface area contributed by atoms with Crippen molar-refractivity contribution in [2.24, 2.45) is 5.73 Å². The zero-order valence-electron chi connectivity index (χ0n) is 10.1. The van der Waals surface area contributed by atoms with Crippen LogP contribution in [-0.4, -0.2) is 31.9 Å². The molecule has 8 heteroatoms. The van der Waals surface area contributed by atoms with Gasteiger partial charge in [-0.2, -0.15) is 4.31 Å². The molecular formula is C11H15Cl3N2O2S. The number of nitrogens with zero attached hydrogens (tertiary/aromatic N) is 1. The minimum atomic E-state index is -3.58. The first-order chi connectivity index (χ1) is 8.43. The lowest BCUT2D eigenvalue weighted by atomic mass is 10.1. The fraction of sp³-hybridized carbons (Fsp3) is 0.455. The third-order valence-corrected chi connectivity index (χ3v) is 5.90. The van der Waals surface area contributed by atoms with Gasteiger partial charge in [-0.1, -0.05) is 29.3 Å². The highest BCUT2D eigenvalue weighted by Crippen LogP contribution is 2.31. The van der Waals surface area contributed by atoms with E-state index in [4.69, 9.17) is 28.9 Å². The normalized spacial score (nSPS) is 18.1. The number of rotatable bonds is 2. The molecule has 1 heterocycles. The van der Waals surface area contributed by atoms with Crippen molar-refractivity contribution in [2.45, 2.75) is 23.8 Å². The van der Waals surface area contributed by atoms with Gasteiger partial charge >= 0.3 is 0 Å². The number of hydrogen-bond donors (Lipinski definition) is 1. The molecule has 1 aromatic rings. The molecule has 1 aromatic carbocycles. The Hall–Kier alpha value is -0.0400. The fourth-order valence-electron chi connectivity index (χ4n) is 1.94. The number of benzene rings is 1. The maximum Gasteiger partial charge on any atom is 0.244 e. The highest BCUT2D eigenvalue weighted by atomic mass is 35.5. The minimum absolute atomic E-state index is 0. The molecule has 0 unspecified atom stereocenters. The van der Waals surface area contributed by atoms with Crippen molar-refractivity contribution >= 4 is 45.6 Å². The van der Waals surface area contributed by atoms with E-state index in [1.165, 1.54) is 10.4 Å². The zero-order chi connectivity index (χ0) is 13.3. The van der Waals surface area contributed by atoms with Crippen molar-refractivity contribution in [3.63, 3.8) is 0 Å². The van der Waals surface area contributed by atoms with Gasteiger partial charge in [-0.25, -0.2) is 8.42 Å². The van der Waals surface area contributed by atoms with Crippen LogP contribution in [0.3, 0.4) is 0 Å². The van der Waals surface area contributed by atoms with E-state index in [0.29, 0.717) is 25.9 Å². The topological polar surface area (TPSA) is 63.4 Å². The lowest BCUT2D eigenvalue weighted by Gasteiger charge is -2.29. The largest absolute Gasteiger partial charge is 0.328 e. The van der Waals surface area contributed by atoms with Crippen LogP contribution in [0.15, 0.2) is 23.1 Å². The molecule has 0 aliphatic carbocycles. The summed E-state index contributed by atoms with van der Waals surface area (Å²) in [6, 6.07) is 4.69. The van der Waals surface area contributed by atoms with Gasteiger partial charge in [0.1, 0.15) is 4.90 Å². The van der Waals surface area contributed by atoms with Crippen molar-refractivity contribution in [1.29, 1.82) is 0 Å². The average molecular weight is 346 g/mol. The first kappa shape index (κ1) is 17.0. The van der Waals surface area contributed by atoms with Crippen LogP contribution in [0.25, 0.3) is 0 Å². The van der Waals surface area contributed by atoms with Crippen LogP contribution in [0.1, 0.15) is 12.8 Å². The average Bonchev–Trinajstić information content (AvgIpc) is 2.33. The summed E-state index contributed by atoms with van der Waals surface area (Å²) < 4.78 is 26.2. The second-order valence-corrected chi connectivity index (χ2v) is 6.98. The molecule has 1 fully saturated rings. The van der Waals surface area contributed by atoms with Crippen molar-refractivity contribution in [3.8, 4) is 0 Å². The molecule has 0 amide bonds. The lowest BCUT2D eigenvalue weighted by molar-refractivity contribution is 0.320. The van der Waals surface area contributed by atoms with Crippen LogP contribution < -0.4 is 5.73 Å². The Morgan fingerprint density at radius 2 is 1.79 bits per heavy atom. The standard InChI is InChI=1S/C11H14Cl2N2O2S.ClH/c12-9-2-1-3-10(11(9)13)18(16,17)15-6-4-8(14)5-7-15;/h1-3,8H,4-7,14H2;1H. The second kappa shape index (κ2) is 6.61. The Balaban J connectivity index is 0.00000180. The molecule has 0 radical (unpaired) electrons. The summed E-state index contributed by atoms with van der Waals surface area (Å²) in [5.41, 5.74) is 5.76. The summed E-state index contributed by atoms with van der Waals surface area (Å²) in [6.07, 6.45) is 1.33. The smallest absolute Gasteiger partial charge is 0.244 e. The SMILES string of the molecule is Cl.NC1CCN(S(=O)(=O)c2cccc(Cl)c2Cl)CC1. The summed E-state index contributed by atoms with van der Waals surface area (Å²) >= 11 is 11.8. The van der Waals surface area contributed by atoms with Crippen LogP contribution in [0, 0.1) is 0 Å². The van der Waals surface area contributed by atoms with E-state index in [1.54, 1.807) is 12.1 Å². The van der Waals surface area contributed by atoms with Crippen molar-refractivity contribution in [1.82, 2.24) is 4.31 Å². The van der Waals surface area contributed by atoms with Gasteiger partial charge in [0.05, 0.1) is 10.0 Å². The van der Waals surface area contributed by atoms with Gasteiger partial charge < -0.3 is 5.73 Å². The van der Waals surface area contributed by atoms with E-state index in [9.17, 15) is 8.42 Å². The molecule has 0 spiro atoms. The monoisotopic (exact) mass is 344 g/mol. The van der Waals surface area contributed by atoms with Gasteiger partial charge in [0, 0.05) is 19.1 Å². The number of sulfonamides is 1. The van der Waals surface area contributed by atoms with E-state index in [2.05, 4.69) is 0 Å². The Bertz CT molecular complexity index is 543. The van der Waals surface area contributed by atoms with E-state index in [-0.39, 0.29) is 33.4 Å². The fourth-order valence-corrected chi connectivity index (χ4v) is 4.14. The third kappa shape index (κ3) is 3.54. The van der Waals surface area contributed by atoms with Gasteiger partial charge in [-0.15, -0.1) is 12.4 Å². The van der Waals surface area contributed by atoms with Gasteiger partial charge in [0.2, 0.25) is 10.0 Å². The number of hydrogen-bond acceptors (Lipinski definition) is 3. The van der Waals surface area contributed by atoms with Gasteiger partial charge in [0.15, 0.2) is 0 Å². The van der Waals surface area contributed by atoms with Crippen molar-refractivity contribution < 1.29 is 8.42 Å². The van der Waals surface area contributed by atoms with Crippen molar-refractivity contribution in [2.75, 3.05) is 13.1 Å². The van der Waals surface area contributed by atoms with Crippen LogP contribution in [0.2, 0.25) is 10.0 Å². The van der Waals surface area contributed by atoms with Crippen molar-refractivity contribution in [3.05, 3.63) is 28.2 Å².